The van der Waals surface area contributed by atoms with Crippen LogP contribution in [0.3, 0.4) is 0 Å². The van der Waals surface area contributed by atoms with E-state index in [2.05, 4.69) is 24.8 Å². The third kappa shape index (κ3) is 4.81. The van der Waals surface area contributed by atoms with Gasteiger partial charge in [0.1, 0.15) is 0 Å². The van der Waals surface area contributed by atoms with Gasteiger partial charge in [0.25, 0.3) is 0 Å². The van der Waals surface area contributed by atoms with Gasteiger partial charge in [-0.2, -0.15) is 0 Å². The molecular formula is C19H22NNaO4S. The standard InChI is InChI=1S/C19H23NO4S.Na/c1-3-14-7-9-18-17(12-14)20(10-5-11-25(21,22)23)16-8-6-15(4-2)13-19(16)24-18;/h6-9,12-13H,3-5,10-11H2,1-2H3,(H,21,22,23);/q;+1/p-1. The number of nitrogens with zero attached hydrogens (tertiary/aromatic N) is 1. The fourth-order valence-electron chi connectivity index (χ4n) is 3.05. The number of aryl methyl sites for hydroxylation is 2. The van der Waals surface area contributed by atoms with Gasteiger partial charge in [-0.1, -0.05) is 26.0 Å². The summed E-state index contributed by atoms with van der Waals surface area (Å²) in [6, 6.07) is 12.1. The van der Waals surface area contributed by atoms with E-state index >= 15 is 0 Å². The summed E-state index contributed by atoms with van der Waals surface area (Å²) in [5, 5.41) is 0. The van der Waals surface area contributed by atoms with Gasteiger partial charge in [-0.3, -0.25) is 0 Å². The van der Waals surface area contributed by atoms with Crippen LogP contribution in [-0.2, 0) is 23.0 Å². The molecule has 0 bridgehead atoms. The molecule has 0 aromatic heterocycles. The van der Waals surface area contributed by atoms with Crippen LogP contribution >= 0.6 is 0 Å². The number of anilines is 2. The molecule has 0 aliphatic carbocycles. The normalized spacial score (nSPS) is 12.7. The molecule has 3 rings (SSSR count). The molecule has 0 fully saturated rings. The monoisotopic (exact) mass is 383 g/mol. The van der Waals surface area contributed by atoms with Crippen molar-refractivity contribution < 1.29 is 47.3 Å². The Labute approximate surface area is 177 Å². The predicted molar refractivity (Wildman–Crippen MR) is 97.9 cm³/mol. The molecule has 0 spiro atoms. The molecule has 0 N–H and O–H groups in total. The topological polar surface area (TPSA) is 69.7 Å². The Bertz CT molecular complexity index is 883. The average molecular weight is 383 g/mol. The first kappa shape index (κ1) is 21.3. The van der Waals surface area contributed by atoms with Crippen molar-refractivity contribution in [3.8, 4) is 11.5 Å². The third-order valence-electron chi connectivity index (χ3n) is 4.44. The summed E-state index contributed by atoms with van der Waals surface area (Å²) in [4.78, 5) is 2.05. The molecule has 0 radical (unpaired) electrons. The number of hydrogen-bond acceptors (Lipinski definition) is 5. The summed E-state index contributed by atoms with van der Waals surface area (Å²) in [6.07, 6.45) is 2.08. The van der Waals surface area contributed by atoms with Gasteiger partial charge in [-0.15, -0.1) is 0 Å². The first-order chi connectivity index (χ1) is 11.9. The van der Waals surface area contributed by atoms with E-state index in [0.717, 1.165) is 35.7 Å². The third-order valence-corrected chi connectivity index (χ3v) is 5.23. The van der Waals surface area contributed by atoms with E-state index in [1.54, 1.807) is 0 Å². The van der Waals surface area contributed by atoms with Gasteiger partial charge < -0.3 is 14.2 Å². The van der Waals surface area contributed by atoms with Gasteiger partial charge in [0, 0.05) is 12.3 Å². The second-order valence-electron chi connectivity index (χ2n) is 6.18. The number of rotatable bonds is 6. The second kappa shape index (κ2) is 8.76. The summed E-state index contributed by atoms with van der Waals surface area (Å²) in [5.74, 6) is 1.15. The number of ether oxygens (including phenoxy) is 1. The van der Waals surface area contributed by atoms with Crippen LogP contribution in [0.1, 0.15) is 31.4 Å². The van der Waals surface area contributed by atoms with Crippen LogP contribution in [0.5, 0.6) is 11.5 Å². The van der Waals surface area contributed by atoms with Crippen molar-refractivity contribution in [2.45, 2.75) is 33.1 Å². The Morgan fingerprint density at radius 1 is 0.962 bits per heavy atom. The fourth-order valence-corrected chi connectivity index (χ4v) is 3.53. The quantitative estimate of drug-likeness (QED) is 0.550. The Balaban J connectivity index is 0.00000243. The summed E-state index contributed by atoms with van der Waals surface area (Å²) in [6.45, 7) is 4.62. The molecule has 1 aliphatic rings. The minimum Gasteiger partial charge on any atom is -0.748 e. The molecule has 0 atom stereocenters. The molecule has 5 nitrogen and oxygen atoms in total. The van der Waals surface area contributed by atoms with E-state index in [9.17, 15) is 13.0 Å². The molecule has 1 aliphatic heterocycles. The smallest absolute Gasteiger partial charge is 0.748 e. The Hall–Kier alpha value is -1.05. The number of hydrogen-bond donors (Lipinski definition) is 0. The second-order valence-corrected chi connectivity index (χ2v) is 7.70. The van der Waals surface area contributed by atoms with Crippen molar-refractivity contribution in [2.24, 2.45) is 0 Å². The largest absolute Gasteiger partial charge is 1.00 e. The first-order valence-corrected chi connectivity index (χ1v) is 10.1. The predicted octanol–water partition coefficient (Wildman–Crippen LogP) is 0.994. The molecule has 134 valence electrons. The molecule has 0 amide bonds. The van der Waals surface area contributed by atoms with E-state index < -0.39 is 10.1 Å². The molecule has 2 aromatic rings. The van der Waals surface area contributed by atoms with Crippen LogP contribution in [-0.4, -0.2) is 25.3 Å². The van der Waals surface area contributed by atoms with Crippen molar-refractivity contribution >= 4 is 21.5 Å². The number of benzene rings is 2. The van der Waals surface area contributed by atoms with Gasteiger partial charge in [-0.25, -0.2) is 8.42 Å². The van der Waals surface area contributed by atoms with Crippen molar-refractivity contribution in [1.82, 2.24) is 0 Å². The van der Waals surface area contributed by atoms with E-state index in [4.69, 9.17) is 4.74 Å². The van der Waals surface area contributed by atoms with Gasteiger partial charge in [0.15, 0.2) is 11.5 Å². The van der Waals surface area contributed by atoms with Crippen molar-refractivity contribution in [2.75, 3.05) is 17.2 Å². The van der Waals surface area contributed by atoms with Crippen LogP contribution in [0, 0.1) is 0 Å². The van der Waals surface area contributed by atoms with E-state index in [0.29, 0.717) is 6.54 Å². The summed E-state index contributed by atoms with van der Waals surface area (Å²) in [7, 11) is -4.21. The maximum Gasteiger partial charge on any atom is 1.00 e. The van der Waals surface area contributed by atoms with Crippen LogP contribution < -0.4 is 39.2 Å². The fraction of sp³-hybridized carbons (Fsp3) is 0.368. The maximum absolute atomic E-state index is 10.9. The molecule has 0 saturated carbocycles. The zero-order valence-corrected chi connectivity index (χ0v) is 18.3. The molecular weight excluding hydrogens is 361 g/mol. The van der Waals surface area contributed by atoms with Crippen molar-refractivity contribution in [1.29, 1.82) is 0 Å². The molecule has 0 saturated heterocycles. The van der Waals surface area contributed by atoms with Crippen molar-refractivity contribution in [3.05, 3.63) is 47.5 Å². The van der Waals surface area contributed by atoms with E-state index in [1.807, 2.05) is 30.3 Å². The zero-order valence-electron chi connectivity index (χ0n) is 15.5. The van der Waals surface area contributed by atoms with Gasteiger partial charge in [0.05, 0.1) is 21.5 Å². The summed E-state index contributed by atoms with van der Waals surface area (Å²) in [5.41, 5.74) is 4.17. The maximum atomic E-state index is 10.9. The molecule has 1 heterocycles. The zero-order chi connectivity index (χ0) is 18.0. The molecule has 7 heteroatoms. The average Bonchev–Trinajstić information content (AvgIpc) is 2.59. The SMILES string of the molecule is CCc1ccc2c(c1)Oc1ccc(CC)cc1N2CCCS(=O)(=O)[O-].[Na+]. The van der Waals surface area contributed by atoms with Crippen molar-refractivity contribution in [3.63, 3.8) is 0 Å². The minimum atomic E-state index is -4.21. The summed E-state index contributed by atoms with van der Waals surface area (Å²) >= 11 is 0. The summed E-state index contributed by atoms with van der Waals surface area (Å²) < 4.78 is 38.9. The van der Waals surface area contributed by atoms with Crippen LogP contribution in [0.15, 0.2) is 36.4 Å². The van der Waals surface area contributed by atoms with E-state index in [1.165, 1.54) is 11.1 Å². The van der Waals surface area contributed by atoms with E-state index in [-0.39, 0.29) is 41.7 Å². The van der Waals surface area contributed by atoms with Crippen LogP contribution in [0.4, 0.5) is 11.4 Å². The van der Waals surface area contributed by atoms with Gasteiger partial charge in [-0.05, 0) is 54.7 Å². The van der Waals surface area contributed by atoms with Crippen LogP contribution in [0.25, 0.3) is 0 Å². The Morgan fingerprint density at radius 2 is 1.62 bits per heavy atom. The molecule has 26 heavy (non-hydrogen) atoms. The first-order valence-electron chi connectivity index (χ1n) is 8.56. The van der Waals surface area contributed by atoms with Gasteiger partial charge >= 0.3 is 29.6 Å². The van der Waals surface area contributed by atoms with Crippen LogP contribution in [0.2, 0.25) is 0 Å². The minimum absolute atomic E-state index is 0. The molecule has 0 unspecified atom stereocenters. The number of fused-ring (bicyclic) bond motifs is 2. The Kier molecular flexibility index (Phi) is 7.16. The van der Waals surface area contributed by atoms with Gasteiger partial charge in [0.2, 0.25) is 0 Å². The Morgan fingerprint density at radius 3 is 2.27 bits per heavy atom. The molecule has 2 aromatic carbocycles.